The van der Waals surface area contributed by atoms with Crippen LogP contribution in [0, 0.1) is 11.8 Å². The van der Waals surface area contributed by atoms with Crippen LogP contribution in [0.15, 0.2) is 0 Å². The second kappa shape index (κ2) is 7.04. The van der Waals surface area contributed by atoms with Gasteiger partial charge in [0.15, 0.2) is 0 Å². The van der Waals surface area contributed by atoms with Crippen molar-refractivity contribution in [3.8, 4) is 0 Å². The Kier molecular flexibility index (Phi) is 5.24. The Morgan fingerprint density at radius 1 is 1.04 bits per heavy atom. The highest BCUT2D eigenvalue weighted by Gasteiger charge is 2.47. The molecule has 0 unspecified atom stereocenters. The quantitative estimate of drug-likeness (QED) is 0.777. The molecule has 23 heavy (non-hydrogen) atoms. The van der Waals surface area contributed by atoms with Crippen LogP contribution in [-0.2, 0) is 9.59 Å². The van der Waals surface area contributed by atoms with Crippen molar-refractivity contribution in [2.45, 2.75) is 63.7 Å². The third-order valence-corrected chi connectivity index (χ3v) is 7.30. The van der Waals surface area contributed by atoms with Gasteiger partial charge in [0.2, 0.25) is 11.8 Å². The summed E-state index contributed by atoms with van der Waals surface area (Å²) >= 11 is 1.94. The lowest BCUT2D eigenvalue weighted by Crippen LogP contribution is -2.55. The number of rotatable bonds is 2. The molecule has 0 aromatic rings. The molecule has 0 N–H and O–H groups in total. The SMILES string of the molecule is CC(C)C(=O)N1CCSC12CCN(C(=O)C1CCCCC1)CC2. The Labute approximate surface area is 144 Å². The van der Waals surface area contributed by atoms with Crippen LogP contribution in [0.25, 0.3) is 0 Å². The second-order valence-corrected chi connectivity index (χ2v) is 9.06. The van der Waals surface area contributed by atoms with Gasteiger partial charge in [0.1, 0.15) is 0 Å². The van der Waals surface area contributed by atoms with Gasteiger partial charge in [-0.2, -0.15) is 0 Å². The lowest BCUT2D eigenvalue weighted by atomic mass is 9.87. The Morgan fingerprint density at radius 3 is 2.30 bits per heavy atom. The van der Waals surface area contributed by atoms with Crippen LogP contribution in [0.5, 0.6) is 0 Å². The molecular formula is C18H30N2O2S. The van der Waals surface area contributed by atoms with Crippen molar-refractivity contribution in [3.63, 3.8) is 0 Å². The van der Waals surface area contributed by atoms with Gasteiger partial charge in [-0.25, -0.2) is 0 Å². The van der Waals surface area contributed by atoms with Gasteiger partial charge in [0.05, 0.1) is 4.87 Å². The van der Waals surface area contributed by atoms with Crippen LogP contribution in [0.4, 0.5) is 0 Å². The molecule has 0 radical (unpaired) electrons. The first kappa shape index (κ1) is 17.1. The van der Waals surface area contributed by atoms with Gasteiger partial charge >= 0.3 is 0 Å². The largest absolute Gasteiger partial charge is 0.342 e. The van der Waals surface area contributed by atoms with Crippen LogP contribution >= 0.6 is 11.8 Å². The van der Waals surface area contributed by atoms with E-state index in [0.717, 1.165) is 51.1 Å². The first-order valence-electron chi connectivity index (χ1n) is 9.28. The van der Waals surface area contributed by atoms with Crippen molar-refractivity contribution >= 4 is 23.6 Å². The first-order valence-corrected chi connectivity index (χ1v) is 10.3. The summed E-state index contributed by atoms with van der Waals surface area (Å²) < 4.78 is 0. The molecule has 2 saturated heterocycles. The van der Waals surface area contributed by atoms with Crippen molar-refractivity contribution in [3.05, 3.63) is 0 Å². The molecule has 0 bridgehead atoms. The van der Waals surface area contributed by atoms with E-state index in [0.29, 0.717) is 5.91 Å². The molecule has 0 aromatic carbocycles. The lowest BCUT2D eigenvalue weighted by Gasteiger charge is -2.45. The zero-order chi connectivity index (χ0) is 16.4. The number of hydrogen-bond donors (Lipinski definition) is 0. The number of likely N-dealkylation sites (tertiary alicyclic amines) is 1. The number of piperidine rings is 1. The zero-order valence-corrected chi connectivity index (χ0v) is 15.4. The van der Waals surface area contributed by atoms with E-state index in [9.17, 15) is 9.59 Å². The molecule has 4 nitrogen and oxygen atoms in total. The van der Waals surface area contributed by atoms with Crippen LogP contribution < -0.4 is 0 Å². The van der Waals surface area contributed by atoms with E-state index < -0.39 is 0 Å². The van der Waals surface area contributed by atoms with E-state index in [1.54, 1.807) is 0 Å². The number of nitrogens with zero attached hydrogens (tertiary/aromatic N) is 2. The second-order valence-electron chi connectivity index (χ2n) is 7.60. The summed E-state index contributed by atoms with van der Waals surface area (Å²) in [5.41, 5.74) is 0. The summed E-state index contributed by atoms with van der Waals surface area (Å²) in [6.45, 7) is 6.49. The number of hydrogen-bond acceptors (Lipinski definition) is 3. The molecule has 0 atom stereocenters. The number of thioether (sulfide) groups is 1. The Balaban J connectivity index is 1.61. The monoisotopic (exact) mass is 338 g/mol. The lowest BCUT2D eigenvalue weighted by molar-refractivity contribution is -0.141. The molecule has 0 aromatic heterocycles. The summed E-state index contributed by atoms with van der Waals surface area (Å²) in [6.07, 6.45) is 7.74. The van der Waals surface area contributed by atoms with Gasteiger partial charge in [-0.1, -0.05) is 33.1 Å². The van der Waals surface area contributed by atoms with Gasteiger partial charge in [0.25, 0.3) is 0 Å². The van der Waals surface area contributed by atoms with Crippen molar-refractivity contribution < 1.29 is 9.59 Å². The predicted molar refractivity (Wildman–Crippen MR) is 94.1 cm³/mol. The summed E-state index contributed by atoms with van der Waals surface area (Å²) in [7, 11) is 0. The van der Waals surface area contributed by atoms with Gasteiger partial charge < -0.3 is 9.80 Å². The number of carbonyl (C=O) groups excluding carboxylic acids is 2. The Hall–Kier alpha value is -0.710. The highest BCUT2D eigenvalue weighted by molar-refractivity contribution is 8.00. The molecule has 1 spiro atoms. The molecular weight excluding hydrogens is 308 g/mol. The molecule has 1 saturated carbocycles. The van der Waals surface area contributed by atoms with Gasteiger partial charge in [-0.3, -0.25) is 9.59 Å². The molecule has 5 heteroatoms. The van der Waals surface area contributed by atoms with E-state index in [1.165, 1.54) is 19.3 Å². The van der Waals surface area contributed by atoms with E-state index in [-0.39, 0.29) is 22.6 Å². The fourth-order valence-electron chi connectivity index (χ4n) is 4.33. The topological polar surface area (TPSA) is 40.6 Å². The molecule has 130 valence electrons. The third-order valence-electron chi connectivity index (χ3n) is 5.75. The molecule has 2 aliphatic heterocycles. The summed E-state index contributed by atoms with van der Waals surface area (Å²) in [5.74, 6) is 2.02. The minimum Gasteiger partial charge on any atom is -0.342 e. The van der Waals surface area contributed by atoms with E-state index in [2.05, 4.69) is 9.80 Å². The van der Waals surface area contributed by atoms with Crippen LogP contribution in [-0.4, -0.2) is 51.9 Å². The van der Waals surface area contributed by atoms with Crippen LogP contribution in [0.2, 0.25) is 0 Å². The van der Waals surface area contributed by atoms with Gasteiger partial charge in [-0.05, 0) is 25.7 Å². The third kappa shape index (κ3) is 3.40. The van der Waals surface area contributed by atoms with Crippen molar-refractivity contribution in [2.75, 3.05) is 25.4 Å². The molecule has 3 aliphatic rings. The van der Waals surface area contributed by atoms with Crippen molar-refractivity contribution in [1.82, 2.24) is 9.80 Å². The highest BCUT2D eigenvalue weighted by Crippen LogP contribution is 2.44. The van der Waals surface area contributed by atoms with Crippen molar-refractivity contribution in [2.24, 2.45) is 11.8 Å². The highest BCUT2D eigenvalue weighted by atomic mass is 32.2. The van der Waals surface area contributed by atoms with E-state index in [4.69, 9.17) is 0 Å². The standard InChI is InChI=1S/C18H30N2O2S/c1-14(2)16(21)20-12-13-23-18(20)8-10-19(11-9-18)17(22)15-6-4-3-5-7-15/h14-15H,3-13H2,1-2H3. The van der Waals surface area contributed by atoms with Gasteiger partial charge in [-0.15, -0.1) is 11.8 Å². The zero-order valence-electron chi connectivity index (χ0n) is 14.6. The molecule has 3 fully saturated rings. The number of carbonyl (C=O) groups is 2. The molecule has 3 rings (SSSR count). The van der Waals surface area contributed by atoms with E-state index >= 15 is 0 Å². The molecule has 1 aliphatic carbocycles. The van der Waals surface area contributed by atoms with Crippen LogP contribution in [0.1, 0.15) is 58.8 Å². The molecule has 2 heterocycles. The first-order chi connectivity index (χ1) is 11.0. The summed E-state index contributed by atoms with van der Waals surface area (Å²) in [6, 6.07) is 0. The fourth-order valence-corrected chi connectivity index (χ4v) is 5.79. The van der Waals surface area contributed by atoms with Crippen LogP contribution in [0.3, 0.4) is 0 Å². The normalized spacial score (nSPS) is 25.3. The van der Waals surface area contributed by atoms with Gasteiger partial charge in [0, 0.05) is 37.2 Å². The smallest absolute Gasteiger partial charge is 0.226 e. The fraction of sp³-hybridized carbons (Fsp3) is 0.889. The Morgan fingerprint density at radius 2 is 1.70 bits per heavy atom. The minimum absolute atomic E-state index is 0.0370. The summed E-state index contributed by atoms with van der Waals surface area (Å²) in [4.78, 5) is 29.4. The molecule has 2 amide bonds. The van der Waals surface area contributed by atoms with E-state index in [1.807, 2.05) is 25.6 Å². The minimum atomic E-state index is -0.0370. The maximum Gasteiger partial charge on any atom is 0.226 e. The predicted octanol–water partition coefficient (Wildman–Crippen LogP) is 3.12. The van der Waals surface area contributed by atoms with Crippen molar-refractivity contribution in [1.29, 1.82) is 0 Å². The average molecular weight is 339 g/mol. The maximum atomic E-state index is 12.7. The maximum absolute atomic E-state index is 12.7. The number of amides is 2. The average Bonchev–Trinajstić information content (AvgIpc) is 2.98. The Bertz CT molecular complexity index is 452. The summed E-state index contributed by atoms with van der Waals surface area (Å²) in [5, 5.41) is 0.